The molecule has 5 aromatic rings. The van der Waals surface area contributed by atoms with Gasteiger partial charge in [-0.1, -0.05) is 50.2 Å². The van der Waals surface area contributed by atoms with Crippen LogP contribution in [0.25, 0.3) is 0 Å². The molecule has 0 N–H and O–H groups in total. The molecule has 11 rings (SSSR count). The molecule has 454 valence electrons. The van der Waals surface area contributed by atoms with Crippen molar-refractivity contribution in [1.29, 1.82) is 15.8 Å². The Hall–Kier alpha value is -5.70. The number of methoxy groups -OCH3 is 1. The van der Waals surface area contributed by atoms with Crippen LogP contribution < -0.4 is 19.4 Å². The van der Waals surface area contributed by atoms with Crippen molar-refractivity contribution >= 4 is 52.7 Å². The number of fused-ring (bicyclic) bond motifs is 3. The van der Waals surface area contributed by atoms with Gasteiger partial charge < -0.3 is 47.9 Å². The van der Waals surface area contributed by atoms with Gasteiger partial charge in [0.05, 0.1) is 99.6 Å². The second-order valence-corrected chi connectivity index (χ2v) is 27.5. The number of rotatable bonds is 19. The van der Waals surface area contributed by atoms with E-state index in [1.807, 2.05) is 43.3 Å². The zero-order valence-corrected chi connectivity index (χ0v) is 53.0. The van der Waals surface area contributed by atoms with Gasteiger partial charge in [-0.2, -0.15) is 15.8 Å². The third kappa shape index (κ3) is 13.5. The van der Waals surface area contributed by atoms with Gasteiger partial charge in [0.2, 0.25) is 0 Å². The summed E-state index contributed by atoms with van der Waals surface area (Å²) in [7, 11) is 1.68. The number of hydrogen-bond acceptors (Lipinski definition) is 19. The molecular weight excluding hydrogens is 1150 g/mol. The van der Waals surface area contributed by atoms with E-state index in [9.17, 15) is 15.8 Å². The summed E-state index contributed by atoms with van der Waals surface area (Å²) in [6, 6.07) is 21.2. The fourth-order valence-corrected chi connectivity index (χ4v) is 16.1. The molecule has 5 atom stereocenters. The molecule has 3 aromatic heterocycles. The third-order valence-corrected chi connectivity index (χ3v) is 20.5. The number of pyridine rings is 3. The number of aromatic nitrogens is 3. The van der Waals surface area contributed by atoms with Gasteiger partial charge in [-0.05, 0) is 92.3 Å². The summed E-state index contributed by atoms with van der Waals surface area (Å²) in [5, 5.41) is 34.7. The Balaban J connectivity index is 0.804. The summed E-state index contributed by atoms with van der Waals surface area (Å²) < 4.78 is 60.3. The minimum Gasteiger partial charge on any atom is -0.496 e. The quantitative estimate of drug-likeness (QED) is 0.0711. The predicted molar refractivity (Wildman–Crippen MR) is 333 cm³/mol. The van der Waals surface area contributed by atoms with Crippen LogP contribution in [0.15, 0.2) is 57.5 Å². The van der Waals surface area contributed by atoms with Crippen LogP contribution in [0.3, 0.4) is 0 Å². The highest BCUT2D eigenvalue weighted by molar-refractivity contribution is 7.99. The normalized spacial score (nSPS) is 23.0. The van der Waals surface area contributed by atoms with Crippen molar-refractivity contribution in [1.82, 2.24) is 15.0 Å². The third-order valence-electron chi connectivity index (χ3n) is 17.6. The van der Waals surface area contributed by atoms with Crippen LogP contribution in [-0.2, 0) is 86.8 Å². The van der Waals surface area contributed by atoms with E-state index in [2.05, 4.69) is 73.6 Å². The highest BCUT2D eigenvalue weighted by Crippen LogP contribution is 2.45. The van der Waals surface area contributed by atoms with Crippen molar-refractivity contribution in [3.05, 3.63) is 115 Å². The Bertz CT molecular complexity index is 3420. The first-order chi connectivity index (χ1) is 41.7. The van der Waals surface area contributed by atoms with Crippen molar-refractivity contribution < 1.29 is 37.5 Å². The molecule has 86 heavy (non-hydrogen) atoms. The van der Waals surface area contributed by atoms with Crippen LogP contribution in [0.1, 0.15) is 115 Å². The second-order valence-electron chi connectivity index (χ2n) is 24.2. The smallest absolute Gasteiger partial charge is 0.135 e. The molecule has 6 aliphatic rings. The lowest BCUT2D eigenvalue weighted by atomic mass is 9.83. The van der Waals surface area contributed by atoms with Crippen LogP contribution in [-0.4, -0.2) is 135 Å². The zero-order valence-electron chi connectivity index (χ0n) is 50.6. The van der Waals surface area contributed by atoms with Crippen molar-refractivity contribution in [3.63, 3.8) is 0 Å². The molecule has 6 aliphatic heterocycles. The summed E-state index contributed by atoms with van der Waals surface area (Å²) in [5.74, 6) is 5.19. The number of para-hydroxylation sites is 1. The Morgan fingerprint density at radius 1 is 0.628 bits per heavy atom. The monoisotopic (exact) mass is 1220 g/mol. The minimum atomic E-state index is -0.813. The van der Waals surface area contributed by atoms with Crippen molar-refractivity contribution in [2.24, 2.45) is 5.92 Å². The summed E-state index contributed by atoms with van der Waals surface area (Å²) >= 11 is 4.66. The van der Waals surface area contributed by atoms with E-state index in [0.717, 1.165) is 73.6 Å². The van der Waals surface area contributed by atoms with Gasteiger partial charge in [-0.3, -0.25) is 0 Å². The molecular formula is C66H78FN9O7S3. The number of morpholine rings is 3. The Morgan fingerprint density at radius 3 is 1.69 bits per heavy atom. The lowest BCUT2D eigenvalue weighted by Crippen LogP contribution is -2.46. The predicted octanol–water partition coefficient (Wildman–Crippen LogP) is 10.8. The number of nitrogens with zero attached hydrogens (tertiary/aromatic N) is 9. The molecule has 9 heterocycles. The number of ether oxygens (including phenoxy) is 7. The number of benzene rings is 2. The fourth-order valence-electron chi connectivity index (χ4n) is 13.0. The van der Waals surface area contributed by atoms with E-state index in [-0.39, 0.29) is 30.7 Å². The van der Waals surface area contributed by atoms with E-state index in [4.69, 9.17) is 48.1 Å². The van der Waals surface area contributed by atoms with Crippen LogP contribution in [0, 0.1) is 45.7 Å². The van der Waals surface area contributed by atoms with Gasteiger partial charge in [0.1, 0.15) is 62.3 Å². The number of anilines is 3. The highest BCUT2D eigenvalue weighted by Gasteiger charge is 2.40. The molecule has 16 nitrogen and oxygen atoms in total. The molecule has 0 bridgehead atoms. The van der Waals surface area contributed by atoms with Gasteiger partial charge in [0.25, 0.3) is 0 Å². The molecule has 0 saturated carbocycles. The molecule has 2 aromatic carbocycles. The summed E-state index contributed by atoms with van der Waals surface area (Å²) in [4.78, 5) is 22.5. The molecule has 3 fully saturated rings. The average Bonchev–Trinajstić information content (AvgIpc) is 1.35. The van der Waals surface area contributed by atoms with Gasteiger partial charge in [-0.15, -0.1) is 35.3 Å². The lowest BCUT2D eigenvalue weighted by Gasteiger charge is -2.39. The number of halogens is 1. The minimum absolute atomic E-state index is 0.00837. The first-order valence-electron chi connectivity index (χ1n) is 30.3. The summed E-state index contributed by atoms with van der Waals surface area (Å²) in [6.45, 7) is 20.0. The molecule has 20 heteroatoms. The lowest BCUT2D eigenvalue weighted by molar-refractivity contribution is -0.0557. The Labute approximate surface area is 518 Å². The van der Waals surface area contributed by atoms with E-state index in [1.54, 1.807) is 30.6 Å². The average molecular weight is 1220 g/mol. The Morgan fingerprint density at radius 2 is 1.12 bits per heavy atom. The molecule has 0 spiro atoms. The molecule has 0 aliphatic carbocycles. The van der Waals surface area contributed by atoms with Crippen LogP contribution in [0.4, 0.5) is 21.8 Å². The highest BCUT2D eigenvalue weighted by atomic mass is 32.2. The maximum Gasteiger partial charge on any atom is 0.135 e. The van der Waals surface area contributed by atoms with Gasteiger partial charge in [-0.25, -0.2) is 19.3 Å². The SMILES string of the molecule is COc1ccccc1CCSc1nc(N2CCOCC2)c2c(c1C#N)CC(C)(Cc1cccc(CCSc3nc(N4CCOCC4)c4c(c3C#N)CC(C)(CCSc3nc(N5CC(C)OC(C)C5)c5c(c3C#N)CC(C(C)C)OC5)OC4)c1F)OC2. The fraction of sp³-hybridized carbons (Fsp3) is 0.545. The summed E-state index contributed by atoms with van der Waals surface area (Å²) in [5.41, 5.74) is 8.22. The summed E-state index contributed by atoms with van der Waals surface area (Å²) in [6.07, 6.45) is 3.73. The number of thioether (sulfide) groups is 3. The van der Waals surface area contributed by atoms with Crippen molar-refractivity contribution in [3.8, 4) is 24.0 Å². The Kier molecular flexibility index (Phi) is 19.7. The van der Waals surface area contributed by atoms with E-state index < -0.39 is 11.2 Å². The largest absolute Gasteiger partial charge is 0.496 e. The maximum absolute atomic E-state index is 17.0. The number of hydrogen-bond donors (Lipinski definition) is 0. The van der Waals surface area contributed by atoms with Gasteiger partial charge >= 0.3 is 0 Å². The number of nitriles is 3. The van der Waals surface area contributed by atoms with E-state index in [1.165, 1.54) is 11.8 Å². The van der Waals surface area contributed by atoms with Gasteiger partial charge in [0, 0.05) is 98.9 Å². The molecule has 0 amide bonds. The van der Waals surface area contributed by atoms with Gasteiger partial charge in [0.15, 0.2) is 0 Å². The van der Waals surface area contributed by atoms with Crippen LogP contribution >= 0.6 is 35.3 Å². The van der Waals surface area contributed by atoms with Crippen molar-refractivity contribution in [2.45, 2.75) is 151 Å². The number of aryl methyl sites for hydroxylation is 2. The molecule has 5 unspecified atom stereocenters. The topological polar surface area (TPSA) is 184 Å². The van der Waals surface area contributed by atoms with Crippen LogP contribution in [0.5, 0.6) is 5.75 Å². The first-order valence-corrected chi connectivity index (χ1v) is 33.2. The van der Waals surface area contributed by atoms with E-state index >= 15 is 4.39 Å². The molecule has 0 radical (unpaired) electrons. The second kappa shape index (κ2) is 27.4. The zero-order chi connectivity index (χ0) is 60.1. The van der Waals surface area contributed by atoms with Crippen molar-refractivity contribution in [2.75, 3.05) is 105 Å². The van der Waals surface area contributed by atoms with E-state index in [0.29, 0.717) is 178 Å². The van der Waals surface area contributed by atoms with Crippen LogP contribution in [0.2, 0.25) is 0 Å². The standard InChI is InChI=1S/C66H78FN9O7S3/c1-41(2)57-29-47-50(33-68)62(73-61(53(47)38-80-57)76-36-42(3)83-43(4)37-76)86-28-17-65(5)31-48-51(34-69)63(71-59(54(48)39-81-65)74-18-22-78-23-19-74)85-27-16-45-12-10-13-46(58(45)67)30-66(6)32-49-52(35-70)64(84-26-15-44-11-8-9-14-56(44)77-7)72-60(55(49)40-82-66)75-20-24-79-25-21-75/h8-14,41-43,57H,15-32,36-40H2,1-7H3. The first kappa shape index (κ1) is 61.9. The molecule has 3 saturated heterocycles. The maximum atomic E-state index is 17.0.